The number of benzene rings is 1. The first-order chi connectivity index (χ1) is 16.3. The van der Waals surface area contributed by atoms with Gasteiger partial charge in [-0.2, -0.15) is 0 Å². The van der Waals surface area contributed by atoms with Crippen molar-refractivity contribution in [2.24, 2.45) is 0 Å². The number of amides is 1. The molecule has 0 aliphatic heterocycles. The van der Waals surface area contributed by atoms with Gasteiger partial charge in [-0.3, -0.25) is 4.79 Å². The van der Waals surface area contributed by atoms with Crippen molar-refractivity contribution in [2.45, 2.75) is 21.0 Å². The Balaban J connectivity index is 1.39. The molecule has 7 nitrogen and oxygen atoms in total. The summed E-state index contributed by atoms with van der Waals surface area (Å²) >= 11 is 2.88. The molecule has 5 rings (SSSR count). The normalized spacial score (nSPS) is 10.9. The molecule has 0 fully saturated rings. The zero-order chi connectivity index (χ0) is 22.5. The number of hydrogen-bond donors (Lipinski definition) is 1. The Hall–Kier alpha value is -3.69. The average Bonchev–Trinajstić information content (AvgIpc) is 3.23. The number of nitrogens with one attached hydrogen (secondary N) is 1. The topological polar surface area (TPSA) is 93.8 Å². The summed E-state index contributed by atoms with van der Waals surface area (Å²) in [5.41, 5.74) is 2.09. The Morgan fingerprint density at radius 3 is 2.48 bits per heavy atom. The number of hydrogen-bond acceptors (Lipinski definition) is 8. The van der Waals surface area contributed by atoms with Crippen molar-refractivity contribution in [3.8, 4) is 0 Å². The van der Waals surface area contributed by atoms with Crippen LogP contribution in [0.4, 0.5) is 5.69 Å². The van der Waals surface area contributed by atoms with Crippen molar-refractivity contribution in [3.63, 3.8) is 0 Å². The van der Waals surface area contributed by atoms with E-state index in [-0.39, 0.29) is 11.7 Å². The third-order valence-corrected chi connectivity index (χ3v) is 6.42. The minimum Gasteiger partial charge on any atom is -0.451 e. The summed E-state index contributed by atoms with van der Waals surface area (Å²) in [4.78, 5) is 30.4. The smallest absolute Gasteiger partial charge is 0.291 e. The molecule has 0 radical (unpaired) electrons. The number of carbonyl (C=O) groups is 1. The third-order valence-electron chi connectivity index (χ3n) is 4.63. The van der Waals surface area contributed by atoms with Gasteiger partial charge in [0, 0.05) is 47.2 Å². The number of nitrogens with zero attached hydrogens (tertiary/aromatic N) is 4. The van der Waals surface area contributed by atoms with Crippen LogP contribution >= 0.6 is 23.5 Å². The molecular formula is C24H17N5O2S2. The van der Waals surface area contributed by atoms with Gasteiger partial charge in [-0.1, -0.05) is 47.8 Å². The molecule has 4 aromatic heterocycles. The number of aromatic nitrogens is 4. The summed E-state index contributed by atoms with van der Waals surface area (Å²) in [5.74, 6) is 0.451. The predicted octanol–water partition coefficient (Wildman–Crippen LogP) is 5.71. The maximum atomic E-state index is 13.2. The summed E-state index contributed by atoms with van der Waals surface area (Å²) < 4.78 is 5.95. The van der Waals surface area contributed by atoms with Crippen LogP contribution in [0.25, 0.3) is 11.0 Å². The van der Waals surface area contributed by atoms with E-state index < -0.39 is 0 Å². The molecule has 0 aliphatic carbocycles. The van der Waals surface area contributed by atoms with Crippen LogP contribution in [0.2, 0.25) is 0 Å². The summed E-state index contributed by atoms with van der Waals surface area (Å²) in [6.45, 7) is 0. The van der Waals surface area contributed by atoms with Crippen LogP contribution in [0.15, 0.2) is 105 Å². The quantitative estimate of drug-likeness (QED) is 0.238. The largest absolute Gasteiger partial charge is 0.451 e. The molecule has 33 heavy (non-hydrogen) atoms. The first-order valence-corrected chi connectivity index (χ1v) is 11.8. The van der Waals surface area contributed by atoms with Crippen LogP contribution in [0.1, 0.15) is 16.1 Å². The molecule has 1 N–H and O–H groups in total. The molecule has 0 saturated carbocycles. The number of pyridine rings is 2. The number of thioether (sulfide) groups is 1. The first kappa shape index (κ1) is 21.2. The fraction of sp³-hybridized carbons (Fsp3) is 0.0417. The van der Waals surface area contributed by atoms with Crippen molar-refractivity contribution in [3.05, 3.63) is 96.8 Å². The molecule has 0 atom stereocenters. The zero-order valence-electron chi connectivity index (χ0n) is 17.2. The van der Waals surface area contributed by atoms with E-state index in [0.717, 1.165) is 21.0 Å². The van der Waals surface area contributed by atoms with E-state index in [0.29, 0.717) is 22.2 Å². The maximum Gasteiger partial charge on any atom is 0.291 e. The van der Waals surface area contributed by atoms with Gasteiger partial charge in [0.15, 0.2) is 10.9 Å². The lowest BCUT2D eigenvalue weighted by Crippen LogP contribution is -2.13. The summed E-state index contributed by atoms with van der Waals surface area (Å²) in [6, 6.07) is 18.6. The Kier molecular flexibility index (Phi) is 6.32. The molecule has 0 spiro atoms. The van der Waals surface area contributed by atoms with E-state index in [2.05, 4.69) is 25.3 Å². The third kappa shape index (κ3) is 5.05. The van der Waals surface area contributed by atoms with Gasteiger partial charge >= 0.3 is 0 Å². The Morgan fingerprint density at radius 2 is 1.64 bits per heavy atom. The standard InChI is InChI=1S/C24H17N5O2S2/c30-23(29-16-9-13-26-21(14-16)33-20-8-3-4-10-25-20)22-18(15-32-24-27-11-5-12-28-24)17-6-1-2-7-19(17)31-22/h1-14H,15H2,(H,26,29,30). The second-order valence-corrected chi connectivity index (χ2v) is 8.82. The Morgan fingerprint density at radius 1 is 0.848 bits per heavy atom. The van der Waals surface area contributed by atoms with Crippen molar-refractivity contribution in [1.29, 1.82) is 0 Å². The molecule has 162 valence electrons. The lowest BCUT2D eigenvalue weighted by molar-refractivity contribution is 0.0998. The fourth-order valence-electron chi connectivity index (χ4n) is 3.17. The summed E-state index contributed by atoms with van der Waals surface area (Å²) in [7, 11) is 0. The highest BCUT2D eigenvalue weighted by molar-refractivity contribution is 7.99. The van der Waals surface area contributed by atoms with Gasteiger partial charge in [-0.15, -0.1) is 0 Å². The molecular weight excluding hydrogens is 454 g/mol. The molecule has 5 aromatic rings. The molecule has 0 unspecified atom stereocenters. The fourth-order valence-corrected chi connectivity index (χ4v) is 4.77. The van der Waals surface area contributed by atoms with Gasteiger partial charge in [0.1, 0.15) is 15.6 Å². The highest BCUT2D eigenvalue weighted by Gasteiger charge is 2.21. The van der Waals surface area contributed by atoms with Crippen LogP contribution in [0, 0.1) is 0 Å². The van der Waals surface area contributed by atoms with Crippen molar-refractivity contribution in [1.82, 2.24) is 19.9 Å². The van der Waals surface area contributed by atoms with E-state index in [1.807, 2.05) is 48.5 Å². The molecule has 0 aliphatic rings. The summed E-state index contributed by atoms with van der Waals surface area (Å²) in [6.07, 6.45) is 6.78. The number of anilines is 1. The maximum absolute atomic E-state index is 13.2. The van der Waals surface area contributed by atoms with E-state index >= 15 is 0 Å². The van der Waals surface area contributed by atoms with Gasteiger partial charge in [-0.25, -0.2) is 19.9 Å². The second-order valence-electron chi connectivity index (χ2n) is 6.83. The number of furan rings is 1. The van der Waals surface area contributed by atoms with Gasteiger partial charge in [0.2, 0.25) is 0 Å². The summed E-state index contributed by atoms with van der Waals surface area (Å²) in [5, 5.41) is 6.03. The highest BCUT2D eigenvalue weighted by Crippen LogP contribution is 2.32. The first-order valence-electron chi connectivity index (χ1n) is 10.0. The highest BCUT2D eigenvalue weighted by atomic mass is 32.2. The van der Waals surface area contributed by atoms with E-state index in [1.165, 1.54) is 23.5 Å². The number of fused-ring (bicyclic) bond motifs is 1. The molecule has 1 amide bonds. The zero-order valence-corrected chi connectivity index (χ0v) is 18.8. The molecule has 1 aromatic carbocycles. The van der Waals surface area contributed by atoms with Crippen LogP contribution < -0.4 is 5.32 Å². The number of rotatable bonds is 7. The van der Waals surface area contributed by atoms with Gasteiger partial charge < -0.3 is 9.73 Å². The van der Waals surface area contributed by atoms with Crippen LogP contribution in [0.3, 0.4) is 0 Å². The minimum absolute atomic E-state index is 0.273. The van der Waals surface area contributed by atoms with Gasteiger partial charge in [-0.05, 0) is 36.4 Å². The predicted molar refractivity (Wildman–Crippen MR) is 128 cm³/mol. The van der Waals surface area contributed by atoms with Crippen LogP contribution in [-0.4, -0.2) is 25.8 Å². The molecule has 0 bridgehead atoms. The average molecular weight is 472 g/mol. The lowest BCUT2D eigenvalue weighted by atomic mass is 10.1. The lowest BCUT2D eigenvalue weighted by Gasteiger charge is -2.07. The van der Waals surface area contributed by atoms with Crippen molar-refractivity contribution >= 4 is 46.1 Å². The second kappa shape index (κ2) is 9.85. The molecule has 0 saturated heterocycles. The Labute approximate surface area is 198 Å². The van der Waals surface area contributed by atoms with Gasteiger partial charge in [0.05, 0.1) is 0 Å². The van der Waals surface area contributed by atoms with E-state index in [1.54, 1.807) is 36.9 Å². The SMILES string of the molecule is O=C(Nc1ccnc(Sc2ccccn2)c1)c1oc2ccccc2c1CSc1ncccn1. The Bertz CT molecular complexity index is 1390. The molecule has 9 heteroatoms. The van der Waals surface area contributed by atoms with Crippen molar-refractivity contribution in [2.75, 3.05) is 5.32 Å². The van der Waals surface area contributed by atoms with Crippen molar-refractivity contribution < 1.29 is 9.21 Å². The van der Waals surface area contributed by atoms with E-state index in [9.17, 15) is 4.79 Å². The van der Waals surface area contributed by atoms with Gasteiger partial charge in [0.25, 0.3) is 5.91 Å². The van der Waals surface area contributed by atoms with E-state index in [4.69, 9.17) is 4.42 Å². The molecule has 4 heterocycles. The number of carbonyl (C=O) groups excluding carboxylic acids is 1. The number of para-hydroxylation sites is 1. The van der Waals surface area contributed by atoms with Crippen LogP contribution in [-0.2, 0) is 5.75 Å². The van der Waals surface area contributed by atoms with Crippen LogP contribution in [0.5, 0.6) is 0 Å². The monoisotopic (exact) mass is 471 g/mol. The minimum atomic E-state index is -0.323.